The number of piperidine rings is 1. The molecule has 0 spiro atoms. The molecule has 7 heteroatoms. The average molecular weight is 421 g/mol. The minimum absolute atomic E-state index is 0.0847. The summed E-state index contributed by atoms with van der Waals surface area (Å²) in [4.78, 5) is 43.3. The van der Waals surface area contributed by atoms with E-state index in [4.69, 9.17) is 9.47 Å². The molecule has 0 aromatic rings. The third-order valence-corrected chi connectivity index (χ3v) is 8.77. The van der Waals surface area contributed by atoms with Crippen LogP contribution in [0.3, 0.4) is 0 Å². The Morgan fingerprint density at radius 3 is 2.00 bits per heavy atom. The van der Waals surface area contributed by atoms with Gasteiger partial charge < -0.3 is 14.4 Å². The van der Waals surface area contributed by atoms with Gasteiger partial charge in [0.1, 0.15) is 18.3 Å². The van der Waals surface area contributed by atoms with Crippen LogP contribution in [-0.2, 0) is 23.9 Å². The number of carbonyl (C=O) groups excluding carboxylic acids is 3. The van der Waals surface area contributed by atoms with Crippen molar-refractivity contribution in [3.05, 3.63) is 0 Å². The summed E-state index contributed by atoms with van der Waals surface area (Å²) >= 11 is 0. The maximum absolute atomic E-state index is 13.5. The molecule has 4 fully saturated rings. The number of rotatable bonds is 8. The van der Waals surface area contributed by atoms with E-state index in [1.807, 2.05) is 20.8 Å². The van der Waals surface area contributed by atoms with Crippen molar-refractivity contribution >= 4 is 17.7 Å². The van der Waals surface area contributed by atoms with E-state index in [1.54, 1.807) is 4.90 Å². The number of likely N-dealkylation sites (tertiary alicyclic amines) is 2. The number of imide groups is 1. The zero-order valence-corrected chi connectivity index (χ0v) is 19.1. The highest BCUT2D eigenvalue weighted by molar-refractivity contribution is 6.09. The Bertz CT molecular complexity index is 744. The number of hydrogen-bond donors (Lipinski definition) is 0. The van der Waals surface area contributed by atoms with Gasteiger partial charge in [0, 0.05) is 12.1 Å². The van der Waals surface area contributed by atoms with Gasteiger partial charge in [0.2, 0.25) is 11.8 Å². The van der Waals surface area contributed by atoms with E-state index >= 15 is 0 Å². The molecule has 30 heavy (non-hydrogen) atoms. The molecule has 0 aromatic heterocycles. The summed E-state index contributed by atoms with van der Waals surface area (Å²) in [6, 6.07) is 0. The largest absolute Gasteiger partial charge is 0.361 e. The summed E-state index contributed by atoms with van der Waals surface area (Å²) < 4.78 is 11.9. The summed E-state index contributed by atoms with van der Waals surface area (Å²) in [5.41, 5.74) is -0.367. The molecular weight excluding hydrogens is 384 g/mol. The second-order valence-electron chi connectivity index (χ2n) is 10.1. The molecule has 3 amide bonds. The van der Waals surface area contributed by atoms with Crippen LogP contribution in [0.25, 0.3) is 0 Å². The standard InChI is InChI=1S/C23H36N2O5/c1-7-22(5,8-2)11-12-24-18(26)13-14-16(29-15(13)17-21(24)30-17)20(28)25(19(14)27)23(6,9-3)10-4/h13-17,21H,7-12H2,1-6H3. The third-order valence-electron chi connectivity index (χ3n) is 8.77. The van der Waals surface area contributed by atoms with Crippen molar-refractivity contribution in [3.8, 4) is 0 Å². The molecule has 0 radical (unpaired) electrons. The predicted molar refractivity (Wildman–Crippen MR) is 110 cm³/mol. The van der Waals surface area contributed by atoms with E-state index in [2.05, 4.69) is 20.8 Å². The molecule has 7 nitrogen and oxygen atoms in total. The molecule has 4 heterocycles. The van der Waals surface area contributed by atoms with E-state index < -0.39 is 29.6 Å². The van der Waals surface area contributed by atoms with Gasteiger partial charge in [0.05, 0.1) is 11.8 Å². The van der Waals surface area contributed by atoms with Gasteiger partial charge in [0.25, 0.3) is 5.91 Å². The van der Waals surface area contributed by atoms with E-state index in [0.717, 1.165) is 19.3 Å². The van der Waals surface area contributed by atoms with Crippen molar-refractivity contribution in [1.82, 2.24) is 9.80 Å². The highest BCUT2D eigenvalue weighted by Gasteiger charge is 2.72. The molecular formula is C23H36N2O5. The van der Waals surface area contributed by atoms with Crippen LogP contribution in [0.4, 0.5) is 0 Å². The predicted octanol–water partition coefficient (Wildman–Crippen LogP) is 2.72. The zero-order chi connectivity index (χ0) is 22.0. The first-order valence-electron chi connectivity index (χ1n) is 11.7. The van der Waals surface area contributed by atoms with Crippen molar-refractivity contribution < 1.29 is 23.9 Å². The van der Waals surface area contributed by atoms with Gasteiger partial charge in [-0.15, -0.1) is 0 Å². The number of carbonyl (C=O) groups is 3. The van der Waals surface area contributed by atoms with Crippen molar-refractivity contribution in [2.75, 3.05) is 6.54 Å². The van der Waals surface area contributed by atoms with Gasteiger partial charge in [0.15, 0.2) is 6.23 Å². The van der Waals surface area contributed by atoms with Crippen LogP contribution in [0.1, 0.15) is 73.6 Å². The Morgan fingerprint density at radius 2 is 1.43 bits per heavy atom. The molecule has 6 atom stereocenters. The minimum Gasteiger partial charge on any atom is -0.361 e. The van der Waals surface area contributed by atoms with Crippen molar-refractivity contribution in [3.63, 3.8) is 0 Å². The van der Waals surface area contributed by atoms with Crippen molar-refractivity contribution in [2.45, 2.75) is 104 Å². The highest BCUT2D eigenvalue weighted by atomic mass is 16.6. The fourth-order valence-corrected chi connectivity index (χ4v) is 5.44. The van der Waals surface area contributed by atoms with Crippen LogP contribution in [-0.4, -0.2) is 64.1 Å². The van der Waals surface area contributed by atoms with Gasteiger partial charge in [-0.05, 0) is 31.6 Å². The smallest absolute Gasteiger partial charge is 0.259 e. The second-order valence-corrected chi connectivity index (χ2v) is 10.1. The molecule has 6 unspecified atom stereocenters. The molecule has 4 aliphatic heterocycles. The normalized spacial score (nSPS) is 35.6. The molecule has 0 aromatic carbocycles. The molecule has 0 aliphatic carbocycles. The maximum atomic E-state index is 13.5. The highest BCUT2D eigenvalue weighted by Crippen LogP contribution is 2.52. The van der Waals surface area contributed by atoms with Crippen LogP contribution >= 0.6 is 0 Å². The molecule has 4 aliphatic rings. The summed E-state index contributed by atoms with van der Waals surface area (Å²) in [7, 11) is 0. The third kappa shape index (κ3) is 2.95. The van der Waals surface area contributed by atoms with Crippen LogP contribution < -0.4 is 0 Å². The van der Waals surface area contributed by atoms with Crippen molar-refractivity contribution in [1.29, 1.82) is 0 Å². The Kier molecular flexibility index (Phi) is 5.29. The summed E-state index contributed by atoms with van der Waals surface area (Å²) in [6.45, 7) is 13.1. The SMILES string of the molecule is CCC(C)(CC)CCN1C(=O)C2C(OC3C(=O)N(C(C)(CC)CC)C(=O)C32)C2OC21. The van der Waals surface area contributed by atoms with Gasteiger partial charge in [-0.1, -0.05) is 47.5 Å². The maximum Gasteiger partial charge on any atom is 0.259 e. The lowest BCUT2D eigenvalue weighted by Crippen LogP contribution is -2.55. The second kappa shape index (κ2) is 7.30. The lowest BCUT2D eigenvalue weighted by atomic mass is 9.80. The topological polar surface area (TPSA) is 79.5 Å². The summed E-state index contributed by atoms with van der Waals surface area (Å²) in [6.07, 6.45) is 2.53. The van der Waals surface area contributed by atoms with Crippen LogP contribution in [0.15, 0.2) is 0 Å². The van der Waals surface area contributed by atoms with Gasteiger partial charge in [-0.25, -0.2) is 0 Å². The molecule has 0 N–H and O–H groups in total. The van der Waals surface area contributed by atoms with Crippen LogP contribution in [0.5, 0.6) is 0 Å². The minimum atomic E-state index is -0.852. The first kappa shape index (κ1) is 21.8. The first-order chi connectivity index (χ1) is 14.2. The fourth-order valence-electron chi connectivity index (χ4n) is 5.44. The number of fused-ring (bicyclic) bond motifs is 5. The zero-order valence-electron chi connectivity index (χ0n) is 19.1. The Hall–Kier alpha value is -1.47. The number of nitrogens with zero attached hydrogens (tertiary/aromatic N) is 2. The molecule has 0 saturated carbocycles. The van der Waals surface area contributed by atoms with E-state index in [0.29, 0.717) is 19.4 Å². The number of epoxide rings is 1. The number of ether oxygens (including phenoxy) is 2. The van der Waals surface area contributed by atoms with E-state index in [1.165, 1.54) is 4.90 Å². The lowest BCUT2D eigenvalue weighted by Gasteiger charge is -2.38. The van der Waals surface area contributed by atoms with Gasteiger partial charge in [-0.2, -0.15) is 0 Å². The summed E-state index contributed by atoms with van der Waals surface area (Å²) in [5.74, 6) is -1.95. The lowest BCUT2D eigenvalue weighted by molar-refractivity contribution is -0.156. The number of amides is 3. The molecule has 4 rings (SSSR count). The first-order valence-corrected chi connectivity index (χ1v) is 11.7. The molecule has 0 bridgehead atoms. The van der Waals surface area contributed by atoms with Gasteiger partial charge >= 0.3 is 0 Å². The van der Waals surface area contributed by atoms with Crippen LogP contribution in [0.2, 0.25) is 0 Å². The van der Waals surface area contributed by atoms with Gasteiger partial charge in [-0.3, -0.25) is 19.3 Å². The Morgan fingerprint density at radius 1 is 0.800 bits per heavy atom. The molecule has 4 saturated heterocycles. The monoisotopic (exact) mass is 420 g/mol. The number of hydrogen-bond acceptors (Lipinski definition) is 5. The van der Waals surface area contributed by atoms with E-state index in [-0.39, 0.29) is 35.5 Å². The Labute approximate surface area is 179 Å². The van der Waals surface area contributed by atoms with E-state index in [9.17, 15) is 14.4 Å². The molecule has 168 valence electrons. The van der Waals surface area contributed by atoms with Crippen molar-refractivity contribution in [2.24, 2.45) is 17.3 Å². The summed E-state index contributed by atoms with van der Waals surface area (Å²) in [5, 5.41) is 0. The Balaban J connectivity index is 1.57. The van der Waals surface area contributed by atoms with Crippen LogP contribution in [0, 0.1) is 17.3 Å². The fraction of sp³-hybridized carbons (Fsp3) is 0.870. The average Bonchev–Trinajstić information content (AvgIpc) is 3.36. The quantitative estimate of drug-likeness (QED) is 0.446.